The van der Waals surface area contributed by atoms with Gasteiger partial charge in [0.1, 0.15) is 11.5 Å². The summed E-state index contributed by atoms with van der Waals surface area (Å²) in [6.45, 7) is -5.44. The molecule has 2 aromatic heterocycles. The molecule has 0 fully saturated rings. The minimum atomic E-state index is -2.91. The van der Waals surface area contributed by atoms with Crippen LogP contribution in [0.5, 0.6) is 5.75 Å². The Morgan fingerprint density at radius 2 is 2.09 bits per heavy atom. The Kier molecular flexibility index (Phi) is 3.78. The largest absolute Gasteiger partial charge is 0.493 e. The molecular formula is C25H23NO5S. The second-order valence-electron chi connectivity index (χ2n) is 6.24. The van der Waals surface area contributed by atoms with Gasteiger partial charge in [-0.05, 0) is 54.2 Å². The molecule has 0 aliphatic heterocycles. The Balaban J connectivity index is 1.73. The van der Waals surface area contributed by atoms with Crippen LogP contribution in [0.3, 0.4) is 0 Å². The number of hydrogen-bond donors (Lipinski definition) is 0. The van der Waals surface area contributed by atoms with E-state index in [9.17, 15) is 4.79 Å². The number of ether oxygens (including phenoxy) is 3. The summed E-state index contributed by atoms with van der Waals surface area (Å²) in [7, 11) is 2.54. The third-order valence-electron chi connectivity index (χ3n) is 4.33. The fraction of sp³-hybridized carbons (Fsp3) is 0.200. The van der Waals surface area contributed by atoms with Crippen LogP contribution in [0.1, 0.15) is 30.7 Å². The van der Waals surface area contributed by atoms with E-state index in [1.165, 1.54) is 37.7 Å². The van der Waals surface area contributed by atoms with E-state index in [0.29, 0.717) is 15.6 Å². The first kappa shape index (κ1) is 12.5. The van der Waals surface area contributed by atoms with Gasteiger partial charge in [-0.3, -0.25) is 0 Å². The molecule has 4 rings (SSSR count). The number of thiophene rings is 1. The SMILES string of the molecule is [2H]c1c([2H])c([2H])c(-c2nc(CC([2H])([2H])Oc3ccc(/C=C(\OC)C(=O)OC)c4sccc34)c(C([2H])([2H])[2H])o2)c([2H])c1[2H]. The summed E-state index contributed by atoms with van der Waals surface area (Å²) in [4.78, 5) is 16.0. The van der Waals surface area contributed by atoms with Crippen molar-refractivity contribution in [2.75, 3.05) is 20.8 Å². The summed E-state index contributed by atoms with van der Waals surface area (Å²) < 4.78 is 102. The highest BCUT2D eigenvalue weighted by Crippen LogP contribution is 2.34. The fourth-order valence-corrected chi connectivity index (χ4v) is 3.72. The molecule has 2 heterocycles. The van der Waals surface area contributed by atoms with Crippen molar-refractivity contribution < 1.29 is 37.1 Å². The summed E-state index contributed by atoms with van der Waals surface area (Å²) in [5.74, 6) is -1.86. The van der Waals surface area contributed by atoms with Gasteiger partial charge in [-0.1, -0.05) is 18.1 Å². The molecule has 2 aromatic carbocycles. The standard InChI is InChI=1S/C25H23NO5S/c1-16-20(26-24(31-16)17-7-5-4-6-8-17)11-13-30-21-10-9-18(23-19(21)12-14-32-23)15-22(28-2)25(27)29-3/h4-10,12,14-15H,11,13H2,1-3H3/b22-15-/i1D3,4D,5D,6D,7D,8D,13D2. The zero-order valence-corrected chi connectivity index (χ0v) is 17.8. The first-order valence-electron chi connectivity index (χ1n) is 14.2. The molecule has 0 aliphatic rings. The van der Waals surface area contributed by atoms with Crippen LogP contribution in [0.15, 0.2) is 64.0 Å². The molecule has 0 aliphatic carbocycles. The van der Waals surface area contributed by atoms with Crippen molar-refractivity contribution in [3.8, 4) is 17.2 Å². The number of methoxy groups -OCH3 is 2. The number of aryl methyl sites for hydroxylation is 2. The summed E-state index contributed by atoms with van der Waals surface area (Å²) in [6, 6.07) is 1.48. The number of oxazole rings is 1. The van der Waals surface area contributed by atoms with Crippen LogP contribution in [0.25, 0.3) is 27.6 Å². The quantitative estimate of drug-likeness (QED) is 0.193. The number of benzene rings is 2. The van der Waals surface area contributed by atoms with Gasteiger partial charge in [-0.2, -0.15) is 0 Å². The van der Waals surface area contributed by atoms with E-state index in [0.717, 1.165) is 0 Å². The Hall–Kier alpha value is -3.58. The topological polar surface area (TPSA) is 70.8 Å². The lowest BCUT2D eigenvalue weighted by atomic mass is 10.1. The average molecular weight is 460 g/mol. The number of carbonyl (C=O) groups is 1. The summed E-state index contributed by atoms with van der Waals surface area (Å²) in [5, 5.41) is 2.25. The minimum absolute atomic E-state index is 0.0469. The maximum Gasteiger partial charge on any atom is 0.373 e. The Labute approximate surface area is 204 Å². The smallest absolute Gasteiger partial charge is 0.373 e. The van der Waals surface area contributed by atoms with Crippen LogP contribution >= 0.6 is 11.3 Å². The van der Waals surface area contributed by atoms with Crippen molar-refractivity contribution >= 4 is 33.5 Å². The highest BCUT2D eigenvalue weighted by Gasteiger charge is 2.14. The van der Waals surface area contributed by atoms with Crippen molar-refractivity contribution in [1.29, 1.82) is 0 Å². The lowest BCUT2D eigenvalue weighted by Crippen LogP contribution is -2.06. The zero-order valence-electron chi connectivity index (χ0n) is 27.0. The molecule has 0 atom stereocenters. The van der Waals surface area contributed by atoms with Crippen molar-refractivity contribution in [1.82, 2.24) is 4.98 Å². The summed E-state index contributed by atoms with van der Waals surface area (Å²) >= 11 is 1.31. The molecule has 4 aromatic rings. The molecule has 0 bridgehead atoms. The number of esters is 1. The van der Waals surface area contributed by atoms with Crippen molar-refractivity contribution in [3.63, 3.8) is 0 Å². The molecule has 0 spiro atoms. The van der Waals surface area contributed by atoms with E-state index in [2.05, 4.69) is 4.98 Å². The molecule has 0 saturated heterocycles. The Morgan fingerprint density at radius 3 is 2.84 bits per heavy atom. The number of aromatic nitrogens is 1. The van der Waals surface area contributed by atoms with Gasteiger partial charge in [0, 0.05) is 26.2 Å². The van der Waals surface area contributed by atoms with Crippen LogP contribution in [-0.4, -0.2) is 31.7 Å². The number of fused-ring (bicyclic) bond motifs is 1. The molecule has 0 saturated carbocycles. The fourth-order valence-electron chi connectivity index (χ4n) is 2.82. The third kappa shape index (κ3) is 4.53. The van der Waals surface area contributed by atoms with E-state index in [1.54, 1.807) is 17.5 Å². The van der Waals surface area contributed by atoms with E-state index in [1.807, 2.05) is 0 Å². The average Bonchev–Trinajstić information content (AvgIpc) is 3.58. The van der Waals surface area contributed by atoms with E-state index in [4.69, 9.17) is 32.3 Å². The minimum Gasteiger partial charge on any atom is -0.493 e. The predicted octanol–water partition coefficient (Wildman–Crippen LogP) is 5.65. The van der Waals surface area contributed by atoms with Gasteiger partial charge in [0.15, 0.2) is 0 Å². The van der Waals surface area contributed by atoms with Gasteiger partial charge in [0.2, 0.25) is 11.6 Å². The number of hydrogen-bond acceptors (Lipinski definition) is 7. The van der Waals surface area contributed by atoms with E-state index >= 15 is 0 Å². The summed E-state index contributed by atoms with van der Waals surface area (Å²) in [5.41, 5.74) is -0.240. The molecule has 0 unspecified atom stereocenters. The molecule has 164 valence electrons. The second-order valence-corrected chi connectivity index (χ2v) is 7.15. The van der Waals surface area contributed by atoms with Gasteiger partial charge < -0.3 is 18.6 Å². The first-order chi connectivity index (χ1) is 19.6. The molecule has 0 N–H and O–H groups in total. The lowest BCUT2D eigenvalue weighted by molar-refractivity contribution is -0.139. The first-order valence-corrected chi connectivity index (χ1v) is 10.1. The van der Waals surface area contributed by atoms with Gasteiger partial charge in [0.05, 0.1) is 36.1 Å². The molecule has 0 amide bonds. The maximum absolute atomic E-state index is 11.9. The zero-order chi connectivity index (χ0) is 31.1. The van der Waals surface area contributed by atoms with Crippen LogP contribution in [0.4, 0.5) is 0 Å². The van der Waals surface area contributed by atoms with Gasteiger partial charge in [-0.25, -0.2) is 9.78 Å². The highest BCUT2D eigenvalue weighted by atomic mass is 32.1. The van der Waals surface area contributed by atoms with Gasteiger partial charge >= 0.3 is 5.97 Å². The Morgan fingerprint density at radius 1 is 1.25 bits per heavy atom. The van der Waals surface area contributed by atoms with Crippen molar-refractivity contribution in [2.45, 2.75) is 13.3 Å². The van der Waals surface area contributed by atoms with Gasteiger partial charge in [0.25, 0.3) is 0 Å². The third-order valence-corrected chi connectivity index (χ3v) is 5.30. The van der Waals surface area contributed by atoms with Crippen LogP contribution in [0, 0.1) is 6.85 Å². The van der Waals surface area contributed by atoms with E-state index < -0.39 is 73.2 Å². The van der Waals surface area contributed by atoms with E-state index in [-0.39, 0.29) is 17.2 Å². The predicted molar refractivity (Wildman–Crippen MR) is 125 cm³/mol. The number of carbonyl (C=O) groups excluding carboxylic acids is 1. The molecule has 0 radical (unpaired) electrons. The number of nitrogens with zero attached hydrogens (tertiary/aromatic N) is 1. The number of rotatable bonds is 8. The highest BCUT2D eigenvalue weighted by molar-refractivity contribution is 7.17. The lowest BCUT2D eigenvalue weighted by Gasteiger charge is -2.09. The molecular weight excluding hydrogens is 426 g/mol. The van der Waals surface area contributed by atoms with Crippen LogP contribution < -0.4 is 4.74 Å². The normalized spacial score (nSPS) is 16.9. The molecule has 7 heteroatoms. The Bertz CT molecular complexity index is 1680. The second kappa shape index (κ2) is 9.70. The van der Waals surface area contributed by atoms with Crippen LogP contribution in [0.2, 0.25) is 0 Å². The van der Waals surface area contributed by atoms with Gasteiger partial charge in [-0.15, -0.1) is 11.3 Å². The van der Waals surface area contributed by atoms with Crippen molar-refractivity contribution in [2.24, 2.45) is 0 Å². The maximum atomic E-state index is 11.9. The van der Waals surface area contributed by atoms with Crippen LogP contribution in [-0.2, 0) is 20.7 Å². The summed E-state index contributed by atoms with van der Waals surface area (Å²) in [6.07, 6.45) is 0.758. The molecule has 32 heavy (non-hydrogen) atoms. The monoisotopic (exact) mass is 459 g/mol. The van der Waals surface area contributed by atoms with Crippen molar-refractivity contribution in [3.05, 3.63) is 76.6 Å². The molecule has 6 nitrogen and oxygen atoms in total.